The quantitative estimate of drug-likeness (QED) is 0.886. The number of nitrogens with two attached hydrogens (primary N) is 1. The number of carbonyl (C=O) groups is 1. The number of hydrogen-bond donors (Lipinski definition) is 2. The summed E-state index contributed by atoms with van der Waals surface area (Å²) in [5, 5.41) is 4.48. The van der Waals surface area contributed by atoms with Gasteiger partial charge in [0.1, 0.15) is 0 Å². The molecule has 104 valence electrons. The lowest BCUT2D eigenvalue weighted by molar-refractivity contribution is 0.100. The number of rotatable bonds is 4. The SMILES string of the molecule is CC(Nc1cccc(C(N)=O)c1)c1ccc(Cl)cc1Cl. The molecule has 2 aromatic rings. The molecular formula is C15H14Cl2N2O. The molecule has 0 aliphatic heterocycles. The Bertz CT molecular complexity index is 644. The zero-order valence-corrected chi connectivity index (χ0v) is 12.4. The van der Waals surface area contributed by atoms with Crippen molar-refractivity contribution in [2.45, 2.75) is 13.0 Å². The Morgan fingerprint density at radius 3 is 2.60 bits per heavy atom. The van der Waals surface area contributed by atoms with E-state index in [1.165, 1.54) is 0 Å². The van der Waals surface area contributed by atoms with Crippen LogP contribution >= 0.6 is 23.2 Å². The van der Waals surface area contributed by atoms with Crippen LogP contribution in [0.2, 0.25) is 10.0 Å². The molecule has 1 atom stereocenters. The molecule has 0 aliphatic rings. The van der Waals surface area contributed by atoms with Crippen LogP contribution < -0.4 is 11.1 Å². The molecular weight excluding hydrogens is 295 g/mol. The molecule has 1 amide bonds. The third-order valence-corrected chi connectivity index (χ3v) is 3.52. The molecule has 0 saturated carbocycles. The van der Waals surface area contributed by atoms with Crippen LogP contribution in [0.4, 0.5) is 5.69 Å². The van der Waals surface area contributed by atoms with E-state index in [9.17, 15) is 4.79 Å². The van der Waals surface area contributed by atoms with Crippen molar-refractivity contribution < 1.29 is 4.79 Å². The van der Waals surface area contributed by atoms with Crippen LogP contribution in [-0.2, 0) is 0 Å². The van der Waals surface area contributed by atoms with Gasteiger partial charge in [-0.1, -0.05) is 35.3 Å². The topological polar surface area (TPSA) is 55.1 Å². The molecule has 2 rings (SSSR count). The maximum absolute atomic E-state index is 11.2. The Balaban J connectivity index is 2.21. The molecule has 0 aliphatic carbocycles. The number of amides is 1. The van der Waals surface area contributed by atoms with Gasteiger partial charge in [-0.2, -0.15) is 0 Å². The molecule has 0 heterocycles. The molecule has 3 N–H and O–H groups in total. The predicted octanol–water partition coefficient (Wildman–Crippen LogP) is 4.27. The molecule has 20 heavy (non-hydrogen) atoms. The van der Waals surface area contributed by atoms with Crippen LogP contribution in [0.5, 0.6) is 0 Å². The number of nitrogens with one attached hydrogen (secondary N) is 1. The Morgan fingerprint density at radius 2 is 1.95 bits per heavy atom. The van der Waals surface area contributed by atoms with Crippen molar-refractivity contribution in [2.75, 3.05) is 5.32 Å². The molecule has 0 saturated heterocycles. The minimum absolute atomic E-state index is 0.0251. The summed E-state index contributed by atoms with van der Waals surface area (Å²) in [4.78, 5) is 11.2. The molecule has 1 unspecified atom stereocenters. The molecule has 3 nitrogen and oxygen atoms in total. The molecule has 0 aromatic heterocycles. The molecule has 5 heteroatoms. The van der Waals surface area contributed by atoms with E-state index < -0.39 is 5.91 Å². The molecule has 0 fully saturated rings. The van der Waals surface area contributed by atoms with Crippen LogP contribution in [0.3, 0.4) is 0 Å². The smallest absolute Gasteiger partial charge is 0.248 e. The van der Waals surface area contributed by atoms with Gasteiger partial charge in [0.25, 0.3) is 0 Å². The van der Waals surface area contributed by atoms with Crippen LogP contribution in [0, 0.1) is 0 Å². The third kappa shape index (κ3) is 3.44. The van der Waals surface area contributed by atoms with Crippen molar-refractivity contribution in [3.05, 3.63) is 63.6 Å². The van der Waals surface area contributed by atoms with Gasteiger partial charge in [-0.15, -0.1) is 0 Å². The van der Waals surface area contributed by atoms with E-state index in [1.807, 2.05) is 19.1 Å². The standard InChI is InChI=1S/C15H14Cl2N2O/c1-9(13-6-5-11(16)8-14(13)17)19-12-4-2-3-10(7-12)15(18)20/h2-9,19H,1H3,(H2,18,20). The number of benzene rings is 2. The van der Waals surface area contributed by atoms with Gasteiger partial charge in [0.05, 0.1) is 0 Å². The lowest BCUT2D eigenvalue weighted by atomic mass is 10.1. The van der Waals surface area contributed by atoms with Crippen molar-refractivity contribution in [1.82, 2.24) is 0 Å². The largest absolute Gasteiger partial charge is 0.378 e. The summed E-state index contributed by atoms with van der Waals surface area (Å²) in [6.45, 7) is 1.98. The van der Waals surface area contributed by atoms with Gasteiger partial charge >= 0.3 is 0 Å². The number of primary amides is 1. The van der Waals surface area contributed by atoms with Crippen LogP contribution in [0.1, 0.15) is 28.9 Å². The third-order valence-electron chi connectivity index (χ3n) is 2.96. The summed E-state index contributed by atoms with van der Waals surface area (Å²) < 4.78 is 0. The highest BCUT2D eigenvalue weighted by atomic mass is 35.5. The van der Waals surface area contributed by atoms with E-state index in [2.05, 4.69) is 5.32 Å². The zero-order valence-electron chi connectivity index (χ0n) is 10.9. The normalized spacial score (nSPS) is 11.9. The fourth-order valence-corrected chi connectivity index (χ4v) is 2.51. The van der Waals surface area contributed by atoms with Crippen molar-refractivity contribution in [2.24, 2.45) is 5.73 Å². The Hall–Kier alpha value is -1.71. The summed E-state index contributed by atoms with van der Waals surface area (Å²) in [5.74, 6) is -0.453. The average molecular weight is 309 g/mol. The van der Waals surface area contributed by atoms with Crippen LogP contribution in [-0.4, -0.2) is 5.91 Å². The fourth-order valence-electron chi connectivity index (χ4n) is 1.94. The lowest BCUT2D eigenvalue weighted by Crippen LogP contribution is -2.12. The lowest BCUT2D eigenvalue weighted by Gasteiger charge is -2.17. The first-order valence-corrected chi connectivity index (χ1v) is 6.84. The van der Waals surface area contributed by atoms with Crippen molar-refractivity contribution in [3.63, 3.8) is 0 Å². The van der Waals surface area contributed by atoms with Crippen molar-refractivity contribution >= 4 is 34.8 Å². The summed E-state index contributed by atoms with van der Waals surface area (Å²) in [6, 6.07) is 12.4. The second-order valence-electron chi connectivity index (χ2n) is 4.48. The molecule has 0 radical (unpaired) electrons. The number of hydrogen-bond acceptors (Lipinski definition) is 2. The Kier molecular flexibility index (Phi) is 4.53. The second kappa shape index (κ2) is 6.16. The van der Waals surface area contributed by atoms with E-state index >= 15 is 0 Å². The minimum atomic E-state index is -0.453. The molecule has 0 bridgehead atoms. The first-order chi connectivity index (χ1) is 9.47. The van der Waals surface area contributed by atoms with Gasteiger partial charge in [-0.25, -0.2) is 0 Å². The minimum Gasteiger partial charge on any atom is -0.378 e. The van der Waals surface area contributed by atoms with Gasteiger partial charge < -0.3 is 11.1 Å². The summed E-state index contributed by atoms with van der Waals surface area (Å²) >= 11 is 12.1. The maximum atomic E-state index is 11.2. The monoisotopic (exact) mass is 308 g/mol. The van der Waals surface area contributed by atoms with E-state index in [0.29, 0.717) is 15.6 Å². The van der Waals surface area contributed by atoms with Gasteiger partial charge in [0.15, 0.2) is 0 Å². The number of anilines is 1. The number of halogens is 2. The average Bonchev–Trinajstić information content (AvgIpc) is 2.38. The van der Waals surface area contributed by atoms with Crippen LogP contribution in [0.25, 0.3) is 0 Å². The van der Waals surface area contributed by atoms with Gasteiger partial charge in [-0.05, 0) is 42.8 Å². The predicted molar refractivity (Wildman–Crippen MR) is 83.5 cm³/mol. The van der Waals surface area contributed by atoms with E-state index in [1.54, 1.807) is 30.3 Å². The number of carbonyl (C=O) groups excluding carboxylic acids is 1. The van der Waals surface area contributed by atoms with Gasteiger partial charge in [0, 0.05) is 27.3 Å². The van der Waals surface area contributed by atoms with Crippen LogP contribution in [0.15, 0.2) is 42.5 Å². The summed E-state index contributed by atoms with van der Waals surface area (Å²) in [7, 11) is 0. The highest BCUT2D eigenvalue weighted by Crippen LogP contribution is 2.28. The summed E-state index contributed by atoms with van der Waals surface area (Å²) in [5.41, 5.74) is 7.46. The highest BCUT2D eigenvalue weighted by Gasteiger charge is 2.10. The van der Waals surface area contributed by atoms with E-state index in [0.717, 1.165) is 11.3 Å². The van der Waals surface area contributed by atoms with E-state index in [4.69, 9.17) is 28.9 Å². The fraction of sp³-hybridized carbons (Fsp3) is 0.133. The van der Waals surface area contributed by atoms with Gasteiger partial charge in [0.2, 0.25) is 5.91 Å². The first-order valence-electron chi connectivity index (χ1n) is 6.08. The second-order valence-corrected chi connectivity index (χ2v) is 5.32. The maximum Gasteiger partial charge on any atom is 0.248 e. The first kappa shape index (κ1) is 14.7. The zero-order chi connectivity index (χ0) is 14.7. The Labute approximate surface area is 127 Å². The van der Waals surface area contributed by atoms with Crippen molar-refractivity contribution in [1.29, 1.82) is 0 Å². The molecule has 0 spiro atoms. The van der Waals surface area contributed by atoms with Crippen molar-refractivity contribution in [3.8, 4) is 0 Å². The Morgan fingerprint density at radius 1 is 1.20 bits per heavy atom. The van der Waals surface area contributed by atoms with Gasteiger partial charge in [-0.3, -0.25) is 4.79 Å². The molecule has 2 aromatic carbocycles. The highest BCUT2D eigenvalue weighted by molar-refractivity contribution is 6.35. The summed E-state index contributed by atoms with van der Waals surface area (Å²) in [6.07, 6.45) is 0. The van der Waals surface area contributed by atoms with E-state index in [-0.39, 0.29) is 6.04 Å².